The third-order valence-electron chi connectivity index (χ3n) is 3.28. The van der Waals surface area contributed by atoms with Crippen LogP contribution in [0.1, 0.15) is 52.4 Å². The van der Waals surface area contributed by atoms with E-state index in [1.54, 1.807) is 0 Å². The van der Waals surface area contributed by atoms with Crippen molar-refractivity contribution in [2.75, 3.05) is 13.1 Å². The Hall–Kier alpha value is -0.0800. The molecule has 0 amide bonds. The average Bonchev–Trinajstić information content (AvgIpc) is 2.19. The van der Waals surface area contributed by atoms with Crippen LogP contribution in [-0.4, -0.2) is 30.1 Å². The maximum atomic E-state index is 5.93. The summed E-state index contributed by atoms with van der Waals surface area (Å²) < 4.78 is 0. The Morgan fingerprint density at radius 2 is 1.50 bits per heavy atom. The molecule has 2 heteroatoms. The Labute approximate surface area is 88.8 Å². The standard InChI is InChI=1S/C12H26N2/c1-3-9-14(10-4-2)12-7-5-11(13)6-8-12/h11-12H,3-10,13H2,1-2H3/t11-,12+. The molecule has 0 radical (unpaired) electrons. The van der Waals surface area contributed by atoms with Crippen molar-refractivity contribution in [2.24, 2.45) is 5.73 Å². The number of nitrogens with zero attached hydrogens (tertiary/aromatic N) is 1. The second kappa shape index (κ2) is 6.41. The Morgan fingerprint density at radius 1 is 1.00 bits per heavy atom. The van der Waals surface area contributed by atoms with Crippen LogP contribution >= 0.6 is 0 Å². The van der Waals surface area contributed by atoms with Crippen molar-refractivity contribution in [1.82, 2.24) is 4.90 Å². The van der Waals surface area contributed by atoms with Gasteiger partial charge in [-0.3, -0.25) is 0 Å². The van der Waals surface area contributed by atoms with Crippen LogP contribution in [-0.2, 0) is 0 Å². The van der Waals surface area contributed by atoms with Crippen LogP contribution < -0.4 is 5.73 Å². The van der Waals surface area contributed by atoms with Crippen molar-refractivity contribution in [3.05, 3.63) is 0 Å². The zero-order chi connectivity index (χ0) is 10.4. The molecule has 0 unspecified atom stereocenters. The molecule has 14 heavy (non-hydrogen) atoms. The summed E-state index contributed by atoms with van der Waals surface area (Å²) in [5.41, 5.74) is 5.93. The van der Waals surface area contributed by atoms with Gasteiger partial charge in [0.05, 0.1) is 0 Å². The summed E-state index contributed by atoms with van der Waals surface area (Å²) in [5, 5.41) is 0. The van der Waals surface area contributed by atoms with Crippen molar-refractivity contribution >= 4 is 0 Å². The highest BCUT2D eigenvalue weighted by Gasteiger charge is 2.22. The summed E-state index contributed by atoms with van der Waals surface area (Å²) >= 11 is 0. The number of hydrogen-bond donors (Lipinski definition) is 1. The van der Waals surface area contributed by atoms with Crippen molar-refractivity contribution in [3.8, 4) is 0 Å². The molecule has 1 aliphatic rings. The zero-order valence-corrected chi connectivity index (χ0v) is 9.84. The summed E-state index contributed by atoms with van der Waals surface area (Å²) in [6, 6.07) is 1.31. The van der Waals surface area contributed by atoms with Crippen molar-refractivity contribution in [2.45, 2.75) is 64.5 Å². The first-order valence-electron chi connectivity index (χ1n) is 6.27. The van der Waals surface area contributed by atoms with E-state index >= 15 is 0 Å². The molecule has 1 fully saturated rings. The molecule has 2 N–H and O–H groups in total. The predicted molar refractivity (Wildman–Crippen MR) is 62.4 cm³/mol. The van der Waals surface area contributed by atoms with Gasteiger partial charge in [-0.1, -0.05) is 13.8 Å². The molecule has 2 nitrogen and oxygen atoms in total. The molecular formula is C12H26N2. The first kappa shape index (κ1) is 12.0. The van der Waals surface area contributed by atoms with Gasteiger partial charge < -0.3 is 10.6 Å². The SMILES string of the molecule is CCCN(CCC)[C@H]1CC[C@@H](N)CC1. The molecule has 0 saturated heterocycles. The molecular weight excluding hydrogens is 172 g/mol. The van der Waals surface area contributed by atoms with Gasteiger partial charge in [0.25, 0.3) is 0 Å². The molecule has 0 aromatic heterocycles. The predicted octanol–water partition coefficient (Wildman–Crippen LogP) is 2.38. The molecule has 0 aromatic rings. The minimum absolute atomic E-state index is 0.483. The Balaban J connectivity index is 2.34. The van der Waals surface area contributed by atoms with Gasteiger partial charge in [-0.2, -0.15) is 0 Å². The van der Waals surface area contributed by atoms with E-state index in [4.69, 9.17) is 5.73 Å². The van der Waals surface area contributed by atoms with E-state index < -0.39 is 0 Å². The lowest BCUT2D eigenvalue weighted by Crippen LogP contribution is -2.41. The lowest BCUT2D eigenvalue weighted by atomic mass is 9.90. The summed E-state index contributed by atoms with van der Waals surface area (Å²) in [4.78, 5) is 2.67. The van der Waals surface area contributed by atoms with Crippen LogP contribution in [0.2, 0.25) is 0 Å². The van der Waals surface area contributed by atoms with Gasteiger partial charge in [0.2, 0.25) is 0 Å². The van der Waals surface area contributed by atoms with Crippen molar-refractivity contribution in [3.63, 3.8) is 0 Å². The maximum absolute atomic E-state index is 5.93. The molecule has 0 spiro atoms. The van der Waals surface area contributed by atoms with E-state index in [1.807, 2.05) is 0 Å². The quantitative estimate of drug-likeness (QED) is 0.735. The molecule has 1 rings (SSSR count). The van der Waals surface area contributed by atoms with Gasteiger partial charge in [0.1, 0.15) is 0 Å². The smallest absolute Gasteiger partial charge is 0.00964 e. The van der Waals surface area contributed by atoms with Crippen LogP contribution in [0.15, 0.2) is 0 Å². The second-order valence-electron chi connectivity index (χ2n) is 4.60. The van der Waals surface area contributed by atoms with Gasteiger partial charge in [-0.15, -0.1) is 0 Å². The number of nitrogens with two attached hydrogens (primary N) is 1. The van der Waals surface area contributed by atoms with Gasteiger partial charge in [0, 0.05) is 12.1 Å². The first-order chi connectivity index (χ1) is 6.77. The minimum Gasteiger partial charge on any atom is -0.328 e. The van der Waals surface area contributed by atoms with E-state index in [0.717, 1.165) is 6.04 Å². The minimum atomic E-state index is 0.483. The molecule has 1 aliphatic carbocycles. The van der Waals surface area contributed by atoms with Gasteiger partial charge in [0.15, 0.2) is 0 Å². The summed E-state index contributed by atoms with van der Waals surface area (Å²) in [5.74, 6) is 0. The third kappa shape index (κ3) is 3.58. The highest BCUT2D eigenvalue weighted by molar-refractivity contribution is 4.80. The molecule has 0 aliphatic heterocycles. The van der Waals surface area contributed by atoms with E-state index in [2.05, 4.69) is 18.7 Å². The van der Waals surface area contributed by atoms with Crippen LogP contribution in [0.5, 0.6) is 0 Å². The fraction of sp³-hybridized carbons (Fsp3) is 1.00. The number of rotatable bonds is 5. The van der Waals surface area contributed by atoms with E-state index in [9.17, 15) is 0 Å². The van der Waals surface area contributed by atoms with Gasteiger partial charge in [-0.05, 0) is 51.6 Å². The highest BCUT2D eigenvalue weighted by atomic mass is 15.1. The van der Waals surface area contributed by atoms with Gasteiger partial charge in [-0.25, -0.2) is 0 Å². The summed E-state index contributed by atoms with van der Waals surface area (Å²) in [7, 11) is 0. The normalized spacial score (nSPS) is 28.3. The average molecular weight is 198 g/mol. The molecule has 0 aromatic carbocycles. The van der Waals surface area contributed by atoms with Crippen LogP contribution in [0, 0.1) is 0 Å². The Morgan fingerprint density at radius 3 is 1.93 bits per heavy atom. The molecule has 0 bridgehead atoms. The lowest BCUT2D eigenvalue weighted by Gasteiger charge is -2.35. The molecule has 0 heterocycles. The monoisotopic (exact) mass is 198 g/mol. The molecule has 1 saturated carbocycles. The highest BCUT2D eigenvalue weighted by Crippen LogP contribution is 2.22. The van der Waals surface area contributed by atoms with Crippen LogP contribution in [0.4, 0.5) is 0 Å². The van der Waals surface area contributed by atoms with E-state index in [0.29, 0.717) is 6.04 Å². The van der Waals surface area contributed by atoms with Gasteiger partial charge >= 0.3 is 0 Å². The lowest BCUT2D eigenvalue weighted by molar-refractivity contribution is 0.150. The first-order valence-corrected chi connectivity index (χ1v) is 6.27. The Kier molecular flexibility index (Phi) is 5.49. The fourth-order valence-electron chi connectivity index (χ4n) is 2.52. The second-order valence-corrected chi connectivity index (χ2v) is 4.60. The third-order valence-corrected chi connectivity index (χ3v) is 3.28. The van der Waals surface area contributed by atoms with Crippen molar-refractivity contribution in [1.29, 1.82) is 0 Å². The zero-order valence-electron chi connectivity index (χ0n) is 9.84. The van der Waals surface area contributed by atoms with Crippen LogP contribution in [0.25, 0.3) is 0 Å². The van der Waals surface area contributed by atoms with Crippen molar-refractivity contribution < 1.29 is 0 Å². The topological polar surface area (TPSA) is 29.3 Å². The molecule has 84 valence electrons. The van der Waals surface area contributed by atoms with E-state index in [-0.39, 0.29) is 0 Å². The summed E-state index contributed by atoms with van der Waals surface area (Å²) in [6.07, 6.45) is 7.66. The largest absolute Gasteiger partial charge is 0.328 e. The fourth-order valence-corrected chi connectivity index (χ4v) is 2.52. The number of hydrogen-bond acceptors (Lipinski definition) is 2. The van der Waals surface area contributed by atoms with Crippen LogP contribution in [0.3, 0.4) is 0 Å². The summed E-state index contributed by atoms with van der Waals surface area (Å²) in [6.45, 7) is 7.09. The molecule has 0 atom stereocenters. The maximum Gasteiger partial charge on any atom is 0.00964 e. The van der Waals surface area contributed by atoms with E-state index in [1.165, 1.54) is 51.6 Å². The Bertz CT molecular complexity index is 133.